The van der Waals surface area contributed by atoms with E-state index in [4.69, 9.17) is 0 Å². The van der Waals surface area contributed by atoms with Gasteiger partial charge < -0.3 is 5.32 Å². The minimum absolute atomic E-state index is 0.909. The molecule has 1 aliphatic carbocycles. The smallest absolute Gasteiger partial charge is 0.0126 e. The van der Waals surface area contributed by atoms with Gasteiger partial charge in [0.05, 0.1) is 0 Å². The van der Waals surface area contributed by atoms with E-state index in [9.17, 15) is 0 Å². The first-order valence-electron chi connectivity index (χ1n) is 7.41. The maximum atomic E-state index is 3.50. The van der Waals surface area contributed by atoms with Crippen LogP contribution in [0.2, 0.25) is 0 Å². The lowest BCUT2D eigenvalue weighted by molar-refractivity contribution is 0.0155. The molecule has 0 aromatic rings. The highest BCUT2D eigenvalue weighted by Crippen LogP contribution is 2.37. The lowest BCUT2D eigenvalue weighted by Crippen LogP contribution is -2.54. The highest BCUT2D eigenvalue weighted by molar-refractivity contribution is 4.91. The molecule has 0 aromatic carbocycles. The molecule has 3 rings (SSSR count). The summed E-state index contributed by atoms with van der Waals surface area (Å²) in [5.74, 6) is 1.05. The van der Waals surface area contributed by atoms with Gasteiger partial charge in [0, 0.05) is 12.1 Å². The summed E-state index contributed by atoms with van der Waals surface area (Å²) < 4.78 is 0. The zero-order chi connectivity index (χ0) is 10.8. The van der Waals surface area contributed by atoms with Crippen LogP contribution in [0.5, 0.6) is 0 Å². The van der Waals surface area contributed by atoms with E-state index in [1.807, 2.05) is 0 Å². The van der Waals surface area contributed by atoms with Crippen LogP contribution in [0.1, 0.15) is 51.4 Å². The van der Waals surface area contributed by atoms with Crippen molar-refractivity contribution in [2.24, 2.45) is 5.92 Å². The fourth-order valence-corrected chi connectivity index (χ4v) is 4.25. The van der Waals surface area contributed by atoms with Crippen molar-refractivity contribution in [3.05, 3.63) is 0 Å². The van der Waals surface area contributed by atoms with Crippen molar-refractivity contribution in [1.82, 2.24) is 10.2 Å². The molecule has 3 aliphatic rings. The molecule has 2 nitrogen and oxygen atoms in total. The Bertz CT molecular complexity index is 221. The van der Waals surface area contributed by atoms with Crippen LogP contribution in [0.25, 0.3) is 0 Å². The standard InChI is InChI=1S/C14H26N2/c1-2-6-14-12(4-1)5-3-11-16(14)13-7-9-15-10-8-13/h12-15H,1-11H2/t12-,14-/m1/s1. The molecule has 0 spiro atoms. The van der Waals surface area contributed by atoms with Crippen LogP contribution >= 0.6 is 0 Å². The molecule has 0 aromatic heterocycles. The third kappa shape index (κ3) is 2.14. The second-order valence-electron chi connectivity index (χ2n) is 5.97. The monoisotopic (exact) mass is 222 g/mol. The van der Waals surface area contributed by atoms with Gasteiger partial charge >= 0.3 is 0 Å². The van der Waals surface area contributed by atoms with Gasteiger partial charge in [-0.15, -0.1) is 0 Å². The van der Waals surface area contributed by atoms with E-state index in [2.05, 4.69) is 10.2 Å². The fraction of sp³-hybridized carbons (Fsp3) is 1.00. The Hall–Kier alpha value is -0.0800. The number of hydrogen-bond acceptors (Lipinski definition) is 2. The molecular formula is C14H26N2. The van der Waals surface area contributed by atoms with Crippen LogP contribution < -0.4 is 5.32 Å². The van der Waals surface area contributed by atoms with Crippen molar-refractivity contribution in [3.8, 4) is 0 Å². The van der Waals surface area contributed by atoms with Gasteiger partial charge in [0.1, 0.15) is 0 Å². The summed E-state index contributed by atoms with van der Waals surface area (Å²) in [4.78, 5) is 2.91. The Balaban J connectivity index is 1.67. The third-order valence-corrected chi connectivity index (χ3v) is 5.06. The van der Waals surface area contributed by atoms with E-state index >= 15 is 0 Å². The predicted octanol–water partition coefficient (Wildman–Crippen LogP) is 2.39. The molecule has 2 atom stereocenters. The second kappa shape index (κ2) is 5.05. The quantitative estimate of drug-likeness (QED) is 0.733. The lowest BCUT2D eigenvalue weighted by atomic mass is 9.77. The molecule has 1 N–H and O–H groups in total. The van der Waals surface area contributed by atoms with Crippen LogP contribution in [0.15, 0.2) is 0 Å². The van der Waals surface area contributed by atoms with Crippen molar-refractivity contribution in [1.29, 1.82) is 0 Å². The maximum absolute atomic E-state index is 3.50. The number of nitrogens with one attached hydrogen (secondary N) is 1. The zero-order valence-electron chi connectivity index (χ0n) is 10.5. The van der Waals surface area contributed by atoms with Gasteiger partial charge in [0.15, 0.2) is 0 Å². The van der Waals surface area contributed by atoms with Gasteiger partial charge in [-0.1, -0.05) is 12.8 Å². The molecule has 92 valence electrons. The molecule has 3 fully saturated rings. The molecule has 1 saturated carbocycles. The molecule has 2 heterocycles. The number of likely N-dealkylation sites (tertiary alicyclic amines) is 1. The van der Waals surface area contributed by atoms with Crippen LogP contribution in [0.4, 0.5) is 0 Å². The van der Waals surface area contributed by atoms with Gasteiger partial charge in [-0.2, -0.15) is 0 Å². The van der Waals surface area contributed by atoms with E-state index in [-0.39, 0.29) is 0 Å². The first-order valence-corrected chi connectivity index (χ1v) is 7.41. The minimum atomic E-state index is 0.909. The normalized spacial score (nSPS) is 38.2. The number of nitrogens with zero attached hydrogens (tertiary/aromatic N) is 1. The molecule has 2 heteroatoms. The van der Waals surface area contributed by atoms with Crippen molar-refractivity contribution < 1.29 is 0 Å². The lowest BCUT2D eigenvalue weighted by Gasteiger charge is -2.48. The van der Waals surface area contributed by atoms with E-state index in [0.717, 1.165) is 18.0 Å². The van der Waals surface area contributed by atoms with Crippen LogP contribution in [0, 0.1) is 5.92 Å². The van der Waals surface area contributed by atoms with Gasteiger partial charge in [0.25, 0.3) is 0 Å². The molecule has 16 heavy (non-hydrogen) atoms. The molecule has 0 radical (unpaired) electrons. The zero-order valence-corrected chi connectivity index (χ0v) is 10.5. The Kier molecular flexibility index (Phi) is 3.49. The third-order valence-electron chi connectivity index (χ3n) is 5.06. The van der Waals surface area contributed by atoms with E-state index in [1.54, 1.807) is 0 Å². The summed E-state index contributed by atoms with van der Waals surface area (Å²) in [6.07, 6.45) is 11.8. The largest absolute Gasteiger partial charge is 0.317 e. The average Bonchev–Trinajstić information content (AvgIpc) is 2.39. The van der Waals surface area contributed by atoms with Crippen molar-refractivity contribution in [3.63, 3.8) is 0 Å². The summed E-state index contributed by atoms with van der Waals surface area (Å²) in [5.41, 5.74) is 0. The van der Waals surface area contributed by atoms with Gasteiger partial charge in [0.2, 0.25) is 0 Å². The van der Waals surface area contributed by atoms with Crippen LogP contribution in [-0.2, 0) is 0 Å². The molecule has 2 saturated heterocycles. The van der Waals surface area contributed by atoms with Crippen molar-refractivity contribution >= 4 is 0 Å². The highest BCUT2D eigenvalue weighted by atomic mass is 15.2. The van der Waals surface area contributed by atoms with Crippen molar-refractivity contribution in [2.45, 2.75) is 63.5 Å². The Morgan fingerprint density at radius 2 is 1.56 bits per heavy atom. The predicted molar refractivity (Wildman–Crippen MR) is 67.6 cm³/mol. The Morgan fingerprint density at radius 3 is 2.44 bits per heavy atom. The number of hydrogen-bond donors (Lipinski definition) is 1. The topological polar surface area (TPSA) is 15.3 Å². The maximum Gasteiger partial charge on any atom is 0.0126 e. The summed E-state index contributed by atoms with van der Waals surface area (Å²) in [7, 11) is 0. The highest BCUT2D eigenvalue weighted by Gasteiger charge is 2.36. The van der Waals surface area contributed by atoms with Crippen LogP contribution in [-0.4, -0.2) is 36.6 Å². The summed E-state index contributed by atoms with van der Waals surface area (Å²) in [5, 5.41) is 3.50. The van der Waals surface area contributed by atoms with E-state index in [1.165, 1.54) is 71.0 Å². The summed E-state index contributed by atoms with van der Waals surface area (Å²) in [6, 6.07) is 1.87. The van der Waals surface area contributed by atoms with Crippen molar-refractivity contribution in [2.75, 3.05) is 19.6 Å². The number of fused-ring (bicyclic) bond motifs is 1. The van der Waals surface area contributed by atoms with E-state index < -0.39 is 0 Å². The molecular weight excluding hydrogens is 196 g/mol. The average molecular weight is 222 g/mol. The summed E-state index contributed by atoms with van der Waals surface area (Å²) in [6.45, 7) is 3.89. The van der Waals surface area contributed by atoms with Gasteiger partial charge in [-0.05, 0) is 64.1 Å². The molecule has 0 bridgehead atoms. The second-order valence-corrected chi connectivity index (χ2v) is 5.97. The molecule has 2 aliphatic heterocycles. The summed E-state index contributed by atoms with van der Waals surface area (Å²) >= 11 is 0. The first-order chi connectivity index (χ1) is 7.95. The Morgan fingerprint density at radius 1 is 0.812 bits per heavy atom. The number of piperidine rings is 2. The minimum Gasteiger partial charge on any atom is -0.317 e. The Labute approximate surface area is 99.8 Å². The molecule has 0 amide bonds. The SMILES string of the molecule is C1CC[C@@H]2[C@H](C1)CCCN2C1CCNCC1. The first kappa shape index (κ1) is 11.0. The molecule has 0 unspecified atom stereocenters. The fourth-order valence-electron chi connectivity index (χ4n) is 4.25. The van der Waals surface area contributed by atoms with Gasteiger partial charge in [-0.3, -0.25) is 4.90 Å². The van der Waals surface area contributed by atoms with Gasteiger partial charge in [-0.25, -0.2) is 0 Å². The van der Waals surface area contributed by atoms with Crippen LogP contribution in [0.3, 0.4) is 0 Å². The number of rotatable bonds is 1. The van der Waals surface area contributed by atoms with E-state index in [0.29, 0.717) is 0 Å².